The van der Waals surface area contributed by atoms with Crippen LogP contribution in [0.1, 0.15) is 5.56 Å². The van der Waals surface area contributed by atoms with Gasteiger partial charge in [0.1, 0.15) is 10.1 Å². The van der Waals surface area contributed by atoms with Crippen LogP contribution < -0.4 is 0 Å². The van der Waals surface area contributed by atoms with Gasteiger partial charge in [-0.25, -0.2) is 8.42 Å². The smallest absolute Gasteiger partial charge is 0.270 e. The molecule has 2 rings (SSSR count). The Kier molecular flexibility index (Phi) is 4.10. The maximum atomic E-state index is 10.8. The topological polar surface area (TPSA) is 113 Å². The summed E-state index contributed by atoms with van der Waals surface area (Å²) < 4.78 is 32.3. The highest BCUT2D eigenvalue weighted by Crippen LogP contribution is 2.17. The fraction of sp³-hybridized carbons (Fsp3) is 0. The van der Waals surface area contributed by atoms with E-state index in [1.54, 1.807) is 6.07 Å². The molecule has 0 heterocycles. The fourth-order valence-corrected chi connectivity index (χ4v) is 2.04. The highest BCUT2D eigenvalue weighted by atomic mass is 32.2. The van der Waals surface area contributed by atoms with Gasteiger partial charge in [-0.1, -0.05) is 12.1 Å². The first-order valence-corrected chi connectivity index (χ1v) is 7.11. The molecule has 0 saturated carbocycles. The van der Waals surface area contributed by atoms with Gasteiger partial charge < -0.3 is 4.55 Å². The number of non-ortho nitro benzene ring substituents is 1. The fourth-order valence-electron chi connectivity index (χ4n) is 1.57. The Hall–Kier alpha value is -2.58. The lowest BCUT2D eigenvalue weighted by Crippen LogP contribution is -1.97. The minimum absolute atomic E-state index is 0.0493. The number of hydrogen-bond donors (Lipinski definition) is 0. The van der Waals surface area contributed by atoms with Crippen molar-refractivity contribution in [1.82, 2.24) is 0 Å². The minimum Gasteiger partial charge on any atom is -0.744 e. The third kappa shape index (κ3) is 3.94. The van der Waals surface area contributed by atoms with Crippen LogP contribution >= 0.6 is 0 Å². The van der Waals surface area contributed by atoms with Crippen molar-refractivity contribution >= 4 is 27.7 Å². The van der Waals surface area contributed by atoms with Crippen molar-refractivity contribution in [2.45, 2.75) is 4.90 Å². The van der Waals surface area contributed by atoms with Gasteiger partial charge in [-0.3, -0.25) is 15.1 Å². The van der Waals surface area contributed by atoms with E-state index < -0.39 is 15.0 Å². The molecule has 21 heavy (non-hydrogen) atoms. The Morgan fingerprint density at radius 3 is 2.33 bits per heavy atom. The minimum atomic E-state index is -4.48. The van der Waals surface area contributed by atoms with Crippen LogP contribution in [0.5, 0.6) is 0 Å². The highest BCUT2D eigenvalue weighted by molar-refractivity contribution is 7.85. The first kappa shape index (κ1) is 14.8. The van der Waals surface area contributed by atoms with Gasteiger partial charge in [0.2, 0.25) is 0 Å². The van der Waals surface area contributed by atoms with Crippen LogP contribution in [0.15, 0.2) is 58.4 Å². The van der Waals surface area contributed by atoms with Crippen LogP contribution in [0.3, 0.4) is 0 Å². The molecule has 0 amide bonds. The lowest BCUT2D eigenvalue weighted by molar-refractivity contribution is -0.384. The molecule has 108 valence electrons. The number of benzene rings is 2. The Morgan fingerprint density at radius 1 is 1.10 bits per heavy atom. The number of hydrogen-bond acceptors (Lipinski definition) is 6. The average Bonchev–Trinajstić information content (AvgIpc) is 2.45. The standard InChI is InChI=1S/C13H10N2O5S/c16-15(17)12-3-1-2-10(8-12)9-14-11-4-6-13(7-5-11)21(18,19)20/h1-9H,(H,18,19,20)/p-1. The summed E-state index contributed by atoms with van der Waals surface area (Å²) in [6.45, 7) is 0. The molecule has 0 aliphatic rings. The first-order chi connectivity index (χ1) is 9.86. The molecule has 0 N–H and O–H groups in total. The van der Waals surface area contributed by atoms with E-state index in [2.05, 4.69) is 4.99 Å². The number of rotatable bonds is 4. The zero-order chi connectivity index (χ0) is 15.5. The average molecular weight is 305 g/mol. The van der Waals surface area contributed by atoms with E-state index in [1.165, 1.54) is 36.5 Å². The van der Waals surface area contributed by atoms with E-state index in [1.807, 2.05) is 0 Å². The van der Waals surface area contributed by atoms with Crippen molar-refractivity contribution in [1.29, 1.82) is 0 Å². The van der Waals surface area contributed by atoms with Crippen LogP contribution in [0.2, 0.25) is 0 Å². The summed E-state index contributed by atoms with van der Waals surface area (Å²) in [5, 5.41) is 10.6. The Balaban J connectivity index is 2.22. The molecule has 0 radical (unpaired) electrons. The largest absolute Gasteiger partial charge is 0.744 e. The number of nitrogens with zero attached hydrogens (tertiary/aromatic N) is 2. The molecule has 7 nitrogen and oxygen atoms in total. The summed E-state index contributed by atoms with van der Waals surface area (Å²) in [6, 6.07) is 11.0. The molecule has 0 saturated heterocycles. The molecule has 8 heteroatoms. The monoisotopic (exact) mass is 305 g/mol. The zero-order valence-electron chi connectivity index (χ0n) is 10.5. The van der Waals surface area contributed by atoms with Crippen molar-refractivity contribution in [3.05, 3.63) is 64.2 Å². The van der Waals surface area contributed by atoms with Gasteiger partial charge in [-0.2, -0.15) is 0 Å². The second-order valence-electron chi connectivity index (χ2n) is 4.06. The second kappa shape index (κ2) is 5.81. The Bertz CT molecular complexity index is 798. The molecule has 0 bridgehead atoms. The molecule has 0 aliphatic heterocycles. The lowest BCUT2D eigenvalue weighted by atomic mass is 10.2. The molecule has 2 aromatic rings. The summed E-state index contributed by atoms with van der Waals surface area (Å²) in [4.78, 5) is 13.8. The van der Waals surface area contributed by atoms with Crippen molar-refractivity contribution < 1.29 is 17.9 Å². The molecule has 0 aliphatic carbocycles. The van der Waals surface area contributed by atoms with Crippen LogP contribution in [0.25, 0.3) is 0 Å². The molecule has 0 spiro atoms. The molecule has 0 unspecified atom stereocenters. The number of nitro groups is 1. The predicted octanol–water partition coefficient (Wildman–Crippen LogP) is 2.25. The number of nitro benzene ring substituents is 1. The van der Waals surface area contributed by atoms with E-state index in [4.69, 9.17) is 0 Å². The van der Waals surface area contributed by atoms with Crippen LogP contribution in [-0.2, 0) is 10.1 Å². The van der Waals surface area contributed by atoms with Gasteiger partial charge in [0, 0.05) is 18.3 Å². The first-order valence-electron chi connectivity index (χ1n) is 5.71. The lowest BCUT2D eigenvalue weighted by Gasteiger charge is -2.05. The normalized spacial score (nSPS) is 11.7. The SMILES string of the molecule is O=[N+]([O-])c1cccc(C=Nc2ccc(S(=O)(=O)[O-])cc2)c1. The Labute approximate surface area is 120 Å². The van der Waals surface area contributed by atoms with Gasteiger partial charge >= 0.3 is 0 Å². The van der Waals surface area contributed by atoms with Crippen molar-refractivity contribution in [2.75, 3.05) is 0 Å². The van der Waals surface area contributed by atoms with E-state index in [-0.39, 0.29) is 10.6 Å². The quantitative estimate of drug-likeness (QED) is 0.372. The van der Waals surface area contributed by atoms with Gasteiger partial charge in [-0.05, 0) is 29.8 Å². The molecular formula is C13H9N2O5S-. The van der Waals surface area contributed by atoms with Crippen molar-refractivity contribution in [3.63, 3.8) is 0 Å². The van der Waals surface area contributed by atoms with E-state index in [0.717, 1.165) is 12.1 Å². The molecular weight excluding hydrogens is 296 g/mol. The maximum Gasteiger partial charge on any atom is 0.270 e. The van der Waals surface area contributed by atoms with Crippen LogP contribution in [0.4, 0.5) is 11.4 Å². The van der Waals surface area contributed by atoms with Crippen LogP contribution in [0, 0.1) is 10.1 Å². The third-order valence-electron chi connectivity index (χ3n) is 2.57. The number of aliphatic imine (C=N–C) groups is 1. The maximum absolute atomic E-state index is 10.8. The molecule has 0 fully saturated rings. The Morgan fingerprint density at radius 2 is 1.76 bits per heavy atom. The van der Waals surface area contributed by atoms with E-state index in [0.29, 0.717) is 11.3 Å². The molecule has 0 aromatic heterocycles. The predicted molar refractivity (Wildman–Crippen MR) is 74.8 cm³/mol. The van der Waals surface area contributed by atoms with Crippen molar-refractivity contribution in [2.24, 2.45) is 4.99 Å². The zero-order valence-corrected chi connectivity index (χ0v) is 11.4. The van der Waals surface area contributed by atoms with E-state index >= 15 is 0 Å². The molecule has 2 aromatic carbocycles. The van der Waals surface area contributed by atoms with Crippen molar-refractivity contribution in [3.8, 4) is 0 Å². The summed E-state index contributed by atoms with van der Waals surface area (Å²) >= 11 is 0. The summed E-state index contributed by atoms with van der Waals surface area (Å²) in [7, 11) is -4.48. The van der Waals surface area contributed by atoms with Gasteiger partial charge in [-0.15, -0.1) is 0 Å². The van der Waals surface area contributed by atoms with Crippen LogP contribution in [-0.4, -0.2) is 24.1 Å². The van der Waals surface area contributed by atoms with Gasteiger partial charge in [0.25, 0.3) is 5.69 Å². The van der Waals surface area contributed by atoms with Gasteiger partial charge in [0.05, 0.1) is 15.5 Å². The summed E-state index contributed by atoms with van der Waals surface area (Å²) in [5.41, 5.74) is 0.908. The summed E-state index contributed by atoms with van der Waals surface area (Å²) in [6.07, 6.45) is 1.41. The molecule has 0 atom stereocenters. The third-order valence-corrected chi connectivity index (χ3v) is 3.42. The summed E-state index contributed by atoms with van der Waals surface area (Å²) in [5.74, 6) is 0. The second-order valence-corrected chi connectivity index (χ2v) is 5.44. The van der Waals surface area contributed by atoms with Gasteiger partial charge in [0.15, 0.2) is 0 Å². The highest BCUT2D eigenvalue weighted by Gasteiger charge is 2.04. The van der Waals surface area contributed by atoms with E-state index in [9.17, 15) is 23.1 Å².